The predicted octanol–water partition coefficient (Wildman–Crippen LogP) is 2.79. The Hall–Kier alpha value is -1.30. The van der Waals surface area contributed by atoms with E-state index < -0.39 is 0 Å². The summed E-state index contributed by atoms with van der Waals surface area (Å²) in [5, 5.41) is 6.68. The highest BCUT2D eigenvalue weighted by molar-refractivity contribution is 5.85. The molecule has 2 N–H and O–H groups in total. The zero-order valence-corrected chi connectivity index (χ0v) is 18.1. The van der Waals surface area contributed by atoms with E-state index in [1.165, 1.54) is 37.2 Å². The lowest BCUT2D eigenvalue weighted by Gasteiger charge is -2.46. The first-order valence-corrected chi connectivity index (χ1v) is 10.5. The maximum Gasteiger partial charge on any atom is 0.240 e. The van der Waals surface area contributed by atoms with Crippen LogP contribution in [-0.4, -0.2) is 55.6 Å². The molecule has 5 nitrogen and oxygen atoms in total. The van der Waals surface area contributed by atoms with Crippen molar-refractivity contribution in [3.63, 3.8) is 0 Å². The number of rotatable bonds is 3. The van der Waals surface area contributed by atoms with Gasteiger partial charge in [-0.05, 0) is 75.0 Å². The molecule has 1 aromatic rings. The second-order valence-corrected chi connectivity index (χ2v) is 9.54. The molecule has 28 heavy (non-hydrogen) atoms. The molecule has 0 bridgehead atoms. The monoisotopic (exact) mass is 406 g/mol. The lowest BCUT2D eigenvalue weighted by molar-refractivity contribution is -0.123. The second-order valence-electron chi connectivity index (χ2n) is 9.54. The van der Waals surface area contributed by atoms with E-state index in [-0.39, 0.29) is 23.9 Å². The number of anilines is 1. The molecule has 6 heteroatoms. The maximum absolute atomic E-state index is 12.3. The molecule has 3 heterocycles. The summed E-state index contributed by atoms with van der Waals surface area (Å²) in [6.45, 7) is 11.5. The molecular formula is C22H35ClN4O. The van der Waals surface area contributed by atoms with Crippen LogP contribution in [0.1, 0.15) is 45.1 Å². The molecule has 0 atom stereocenters. The molecule has 3 fully saturated rings. The van der Waals surface area contributed by atoms with Crippen molar-refractivity contribution in [2.24, 2.45) is 5.41 Å². The quantitative estimate of drug-likeness (QED) is 0.810. The van der Waals surface area contributed by atoms with Crippen molar-refractivity contribution in [3.05, 3.63) is 29.8 Å². The molecular weight excluding hydrogens is 372 g/mol. The number of carbonyl (C=O) groups is 1. The van der Waals surface area contributed by atoms with Gasteiger partial charge >= 0.3 is 0 Å². The summed E-state index contributed by atoms with van der Waals surface area (Å²) < 4.78 is 0. The van der Waals surface area contributed by atoms with Crippen LogP contribution in [0.2, 0.25) is 0 Å². The molecule has 1 spiro atoms. The number of nitrogens with one attached hydrogen (secondary N) is 2. The van der Waals surface area contributed by atoms with Gasteiger partial charge in [-0.2, -0.15) is 0 Å². The first kappa shape index (κ1) is 21.4. The Morgan fingerprint density at radius 3 is 2.29 bits per heavy atom. The molecule has 0 unspecified atom stereocenters. The Kier molecular flexibility index (Phi) is 6.58. The van der Waals surface area contributed by atoms with Crippen LogP contribution in [0.4, 0.5) is 5.69 Å². The molecule has 0 saturated carbocycles. The number of amides is 1. The molecule has 156 valence electrons. The van der Waals surface area contributed by atoms with E-state index in [0.717, 1.165) is 39.0 Å². The van der Waals surface area contributed by atoms with E-state index >= 15 is 0 Å². The fourth-order valence-corrected chi connectivity index (χ4v) is 4.73. The zero-order valence-electron chi connectivity index (χ0n) is 17.3. The van der Waals surface area contributed by atoms with Crippen LogP contribution in [0.5, 0.6) is 0 Å². The Morgan fingerprint density at radius 1 is 1.00 bits per heavy atom. The standard InChI is InChI=1S/C22H34N4O.ClH/c1-21(2)9-13-25(14-10-21)15-18-3-5-19(6-4-18)26-16-20(27)24-22(17-26)7-11-23-12-8-22;/h3-6,23H,7-17H2,1-2H3,(H,24,27);1H. The Balaban J connectivity index is 0.00000225. The molecule has 3 saturated heterocycles. The van der Waals surface area contributed by atoms with E-state index in [1.54, 1.807) is 0 Å². The normalized spacial score (nSPS) is 24.5. The van der Waals surface area contributed by atoms with Crippen LogP contribution >= 0.6 is 12.4 Å². The number of halogens is 1. The summed E-state index contributed by atoms with van der Waals surface area (Å²) in [5.74, 6) is 0.156. The molecule has 0 aromatic heterocycles. The van der Waals surface area contributed by atoms with Crippen molar-refractivity contribution in [2.45, 2.75) is 51.6 Å². The number of piperidine rings is 2. The lowest BCUT2D eigenvalue weighted by atomic mass is 9.82. The van der Waals surface area contributed by atoms with Gasteiger partial charge in [-0.3, -0.25) is 9.69 Å². The van der Waals surface area contributed by atoms with Crippen LogP contribution in [0.3, 0.4) is 0 Å². The largest absolute Gasteiger partial charge is 0.360 e. The fourth-order valence-electron chi connectivity index (χ4n) is 4.73. The van der Waals surface area contributed by atoms with Crippen molar-refractivity contribution in [1.82, 2.24) is 15.5 Å². The number of carbonyl (C=O) groups excluding carboxylic acids is 1. The third-order valence-electron chi connectivity index (χ3n) is 6.71. The number of likely N-dealkylation sites (tertiary alicyclic amines) is 1. The third kappa shape index (κ3) is 5.00. The Morgan fingerprint density at radius 2 is 1.64 bits per heavy atom. The van der Waals surface area contributed by atoms with Crippen molar-refractivity contribution < 1.29 is 4.79 Å². The minimum absolute atomic E-state index is 0. The van der Waals surface area contributed by atoms with Crippen LogP contribution in [-0.2, 0) is 11.3 Å². The van der Waals surface area contributed by atoms with Gasteiger partial charge in [0.25, 0.3) is 0 Å². The van der Waals surface area contributed by atoms with Gasteiger partial charge in [0, 0.05) is 18.8 Å². The molecule has 1 aromatic carbocycles. The van der Waals surface area contributed by atoms with Crippen molar-refractivity contribution in [3.8, 4) is 0 Å². The molecule has 4 rings (SSSR count). The summed E-state index contributed by atoms with van der Waals surface area (Å²) in [7, 11) is 0. The van der Waals surface area contributed by atoms with Gasteiger partial charge < -0.3 is 15.5 Å². The zero-order chi connectivity index (χ0) is 18.9. The summed E-state index contributed by atoms with van der Waals surface area (Å²) in [6.07, 6.45) is 4.59. The fraction of sp³-hybridized carbons (Fsp3) is 0.682. The highest BCUT2D eigenvalue weighted by Crippen LogP contribution is 2.31. The topological polar surface area (TPSA) is 47.6 Å². The number of hydrogen-bond donors (Lipinski definition) is 2. The van der Waals surface area contributed by atoms with Gasteiger partial charge in [-0.25, -0.2) is 0 Å². The van der Waals surface area contributed by atoms with E-state index in [2.05, 4.69) is 58.5 Å². The Labute approximate surface area is 175 Å². The van der Waals surface area contributed by atoms with Crippen molar-refractivity contribution in [1.29, 1.82) is 0 Å². The van der Waals surface area contributed by atoms with Crippen LogP contribution in [0.25, 0.3) is 0 Å². The van der Waals surface area contributed by atoms with Gasteiger partial charge in [0.05, 0.1) is 12.1 Å². The van der Waals surface area contributed by atoms with Gasteiger partial charge in [0.15, 0.2) is 0 Å². The first-order chi connectivity index (χ1) is 12.9. The van der Waals surface area contributed by atoms with Gasteiger partial charge in [-0.1, -0.05) is 26.0 Å². The second kappa shape index (κ2) is 8.60. The SMILES string of the molecule is CC1(C)CCN(Cc2ccc(N3CC(=O)NC4(CCNCC4)C3)cc2)CC1.Cl. The predicted molar refractivity (Wildman–Crippen MR) is 117 cm³/mol. The molecule has 3 aliphatic heterocycles. The maximum atomic E-state index is 12.3. The number of piperazine rings is 1. The van der Waals surface area contributed by atoms with Crippen molar-refractivity contribution in [2.75, 3.05) is 44.2 Å². The summed E-state index contributed by atoms with van der Waals surface area (Å²) >= 11 is 0. The highest BCUT2D eigenvalue weighted by atomic mass is 35.5. The summed E-state index contributed by atoms with van der Waals surface area (Å²) in [5.41, 5.74) is 2.99. The van der Waals surface area contributed by atoms with Gasteiger partial charge in [0.2, 0.25) is 5.91 Å². The minimum atomic E-state index is -0.0557. The van der Waals surface area contributed by atoms with E-state index in [0.29, 0.717) is 12.0 Å². The van der Waals surface area contributed by atoms with E-state index in [1.807, 2.05) is 0 Å². The average Bonchev–Trinajstić information content (AvgIpc) is 2.64. The number of benzene rings is 1. The van der Waals surface area contributed by atoms with Crippen LogP contribution < -0.4 is 15.5 Å². The average molecular weight is 407 g/mol. The van der Waals surface area contributed by atoms with Crippen molar-refractivity contribution >= 4 is 24.0 Å². The van der Waals surface area contributed by atoms with Gasteiger partial charge in [-0.15, -0.1) is 12.4 Å². The van der Waals surface area contributed by atoms with Gasteiger partial charge in [0.1, 0.15) is 0 Å². The summed E-state index contributed by atoms with van der Waals surface area (Å²) in [6, 6.07) is 8.90. The minimum Gasteiger partial charge on any atom is -0.360 e. The first-order valence-electron chi connectivity index (χ1n) is 10.5. The molecule has 3 aliphatic rings. The lowest BCUT2D eigenvalue weighted by Crippen LogP contribution is -2.66. The number of nitrogens with zero attached hydrogens (tertiary/aromatic N) is 2. The Bertz CT molecular complexity index is 660. The molecule has 1 amide bonds. The van der Waals surface area contributed by atoms with E-state index in [9.17, 15) is 4.79 Å². The van der Waals surface area contributed by atoms with E-state index in [4.69, 9.17) is 0 Å². The third-order valence-corrected chi connectivity index (χ3v) is 6.71. The van der Waals surface area contributed by atoms with Crippen LogP contribution in [0, 0.1) is 5.41 Å². The highest BCUT2D eigenvalue weighted by Gasteiger charge is 2.39. The van der Waals surface area contributed by atoms with Crippen LogP contribution in [0.15, 0.2) is 24.3 Å². The molecule has 0 aliphatic carbocycles. The smallest absolute Gasteiger partial charge is 0.240 e. The molecule has 0 radical (unpaired) electrons. The number of hydrogen-bond acceptors (Lipinski definition) is 4. The summed E-state index contributed by atoms with van der Waals surface area (Å²) in [4.78, 5) is 17.2.